The quantitative estimate of drug-likeness (QED) is 0.181. The first-order valence-electron chi connectivity index (χ1n) is 14.8. The number of amides is 2. The van der Waals surface area contributed by atoms with Crippen molar-refractivity contribution in [2.45, 2.75) is 54.9 Å². The Morgan fingerprint density at radius 3 is 2.64 bits per heavy atom. The molecule has 12 heteroatoms. The summed E-state index contributed by atoms with van der Waals surface area (Å²) in [5, 5.41) is 10.5. The van der Waals surface area contributed by atoms with E-state index in [0.29, 0.717) is 43.2 Å². The molecule has 3 heterocycles. The third-order valence-corrected chi connectivity index (χ3v) is 13.0. The van der Waals surface area contributed by atoms with Crippen LogP contribution in [0.3, 0.4) is 0 Å². The van der Waals surface area contributed by atoms with Gasteiger partial charge in [-0.25, -0.2) is 0 Å². The van der Waals surface area contributed by atoms with Crippen LogP contribution in [0.15, 0.2) is 56.8 Å². The second kappa shape index (κ2) is 12.0. The van der Waals surface area contributed by atoms with Crippen LogP contribution in [-0.4, -0.2) is 44.6 Å². The number of rotatable bonds is 10. The molecular formula is C32H30BrClN2O6S2. The topological polar surface area (TPSA) is 117 Å². The number of aromatic nitrogens is 1. The van der Waals surface area contributed by atoms with Gasteiger partial charge in [0.05, 0.1) is 16.9 Å². The van der Waals surface area contributed by atoms with Gasteiger partial charge in [-0.05, 0) is 72.9 Å². The maximum Gasteiger partial charge on any atom is 0.305 e. The number of unbranched alkanes of at least 4 members (excludes halogenated alkanes) is 2. The largest absolute Gasteiger partial charge is 0.489 e. The Labute approximate surface area is 275 Å². The molecule has 8 nitrogen and oxygen atoms in total. The number of benzene rings is 2. The van der Waals surface area contributed by atoms with Crippen LogP contribution in [-0.2, 0) is 21.0 Å². The monoisotopic (exact) mass is 716 g/mol. The number of aliphatic carboxylic acids is 1. The summed E-state index contributed by atoms with van der Waals surface area (Å²) < 4.78 is 7.31. The summed E-state index contributed by atoms with van der Waals surface area (Å²) in [5.74, 6) is -1.07. The molecule has 2 saturated carbocycles. The summed E-state index contributed by atoms with van der Waals surface area (Å²) in [6, 6.07) is 13.5. The fourth-order valence-electron chi connectivity index (χ4n) is 8.05. The lowest BCUT2D eigenvalue weighted by Crippen LogP contribution is -2.42. The fraction of sp³-hybridized carbons (Fsp3) is 0.438. The molecule has 2 bridgehead atoms. The third kappa shape index (κ3) is 5.23. The van der Waals surface area contributed by atoms with E-state index in [0.717, 1.165) is 31.9 Å². The van der Waals surface area contributed by atoms with Crippen molar-refractivity contribution in [2.75, 3.05) is 6.54 Å². The number of imide groups is 1. The second-order valence-electron chi connectivity index (χ2n) is 12.1. The molecular weight excluding hydrogens is 688 g/mol. The summed E-state index contributed by atoms with van der Waals surface area (Å²) >= 11 is 12.8. The minimum atomic E-state index is -0.836. The molecule has 3 aromatic rings. The summed E-state index contributed by atoms with van der Waals surface area (Å²) in [6.07, 6.45) is 2.69. The molecule has 2 aliphatic heterocycles. The van der Waals surface area contributed by atoms with E-state index in [-0.39, 0.29) is 63.9 Å². The van der Waals surface area contributed by atoms with Crippen molar-refractivity contribution in [1.82, 2.24) is 9.88 Å². The molecule has 2 aromatic carbocycles. The van der Waals surface area contributed by atoms with Crippen molar-refractivity contribution in [3.8, 4) is 5.75 Å². The molecule has 0 spiro atoms. The molecule has 44 heavy (non-hydrogen) atoms. The molecule has 1 aromatic heterocycles. The Kier molecular flexibility index (Phi) is 8.18. The normalized spacial score (nSPS) is 28.2. The van der Waals surface area contributed by atoms with Gasteiger partial charge < -0.3 is 14.8 Å². The van der Waals surface area contributed by atoms with Crippen LogP contribution in [0.1, 0.15) is 54.0 Å². The van der Waals surface area contributed by atoms with Crippen molar-refractivity contribution in [3.05, 3.63) is 77.6 Å². The number of likely N-dealkylation sites (tertiary alicyclic amines) is 1. The number of ether oxygens (including phenoxy) is 1. The molecule has 2 amide bonds. The van der Waals surface area contributed by atoms with Gasteiger partial charge in [0.1, 0.15) is 12.4 Å². The Hall–Kier alpha value is -2.60. The van der Waals surface area contributed by atoms with E-state index in [2.05, 4.69) is 27.0 Å². The first kappa shape index (κ1) is 30.1. The SMILES string of the molecule is O=C(O)CCCCCN1C(=O)C2C3CC(C2C1=O)C1C3Sc2[nH]c(=O)sc2[C@@H]1c1cc(Br)ccc1OCc1cccc(Cl)c1. The zero-order valence-electron chi connectivity index (χ0n) is 23.5. The highest BCUT2D eigenvalue weighted by atomic mass is 79.9. The Morgan fingerprint density at radius 2 is 1.86 bits per heavy atom. The molecule has 3 fully saturated rings. The number of hydrogen-bond acceptors (Lipinski definition) is 7. The first-order chi connectivity index (χ1) is 21.2. The third-order valence-electron chi connectivity index (χ3n) is 9.68. The molecule has 2 N–H and O–H groups in total. The van der Waals surface area contributed by atoms with E-state index in [4.69, 9.17) is 21.4 Å². The van der Waals surface area contributed by atoms with E-state index in [9.17, 15) is 19.2 Å². The van der Waals surface area contributed by atoms with E-state index in [1.54, 1.807) is 11.8 Å². The lowest BCUT2D eigenvalue weighted by Gasteiger charge is -2.43. The van der Waals surface area contributed by atoms with Crippen LogP contribution in [0.4, 0.5) is 0 Å². The van der Waals surface area contributed by atoms with Gasteiger partial charge in [-0.1, -0.05) is 57.4 Å². The van der Waals surface area contributed by atoms with Gasteiger partial charge in [0.25, 0.3) is 0 Å². The number of carboxylic acids is 1. The zero-order chi connectivity index (χ0) is 30.7. The second-order valence-corrected chi connectivity index (χ2v) is 15.6. The summed E-state index contributed by atoms with van der Waals surface area (Å²) in [4.78, 5) is 56.5. The van der Waals surface area contributed by atoms with Crippen LogP contribution in [0.5, 0.6) is 5.75 Å². The van der Waals surface area contributed by atoms with E-state index in [1.807, 2.05) is 36.4 Å². The van der Waals surface area contributed by atoms with Crippen LogP contribution in [0, 0.1) is 29.6 Å². The first-order valence-corrected chi connectivity index (χ1v) is 17.7. The van der Waals surface area contributed by atoms with Crippen molar-refractivity contribution in [1.29, 1.82) is 0 Å². The maximum absolute atomic E-state index is 13.8. The smallest absolute Gasteiger partial charge is 0.305 e. The number of nitrogens with zero attached hydrogens (tertiary/aromatic N) is 1. The van der Waals surface area contributed by atoms with Crippen molar-refractivity contribution in [2.24, 2.45) is 29.6 Å². The Bertz CT molecular complexity index is 1710. The molecule has 0 radical (unpaired) electrons. The Balaban J connectivity index is 1.20. The number of carbonyl (C=O) groups is 3. The molecule has 1 saturated heterocycles. The van der Waals surface area contributed by atoms with Crippen LogP contribution < -0.4 is 9.61 Å². The van der Waals surface area contributed by atoms with Gasteiger partial charge in [0.15, 0.2) is 0 Å². The van der Waals surface area contributed by atoms with Crippen molar-refractivity contribution in [3.63, 3.8) is 0 Å². The van der Waals surface area contributed by atoms with Crippen molar-refractivity contribution < 1.29 is 24.2 Å². The molecule has 2 aliphatic carbocycles. The Morgan fingerprint density at radius 1 is 1.07 bits per heavy atom. The van der Waals surface area contributed by atoms with E-state index >= 15 is 0 Å². The van der Waals surface area contributed by atoms with Crippen molar-refractivity contribution >= 4 is 68.4 Å². The number of carboxylic acid groups (broad SMARTS) is 1. The van der Waals surface area contributed by atoms with Crippen LogP contribution in [0.25, 0.3) is 0 Å². The molecule has 230 valence electrons. The summed E-state index contributed by atoms with van der Waals surface area (Å²) in [7, 11) is 0. The number of thiazole rings is 1. The lowest BCUT2D eigenvalue weighted by atomic mass is 9.68. The highest BCUT2D eigenvalue weighted by molar-refractivity contribution is 9.10. The highest BCUT2D eigenvalue weighted by Crippen LogP contribution is 2.69. The number of nitrogens with one attached hydrogen (secondary N) is 1. The number of H-pyrrole nitrogens is 1. The van der Waals surface area contributed by atoms with Gasteiger partial charge in [-0.2, -0.15) is 0 Å². The van der Waals surface area contributed by atoms with Gasteiger partial charge in [-0.15, -0.1) is 11.8 Å². The number of aromatic amines is 1. The lowest BCUT2D eigenvalue weighted by molar-refractivity contribution is -0.141. The zero-order valence-corrected chi connectivity index (χ0v) is 27.5. The van der Waals surface area contributed by atoms with Gasteiger partial charge in [-0.3, -0.25) is 24.1 Å². The van der Waals surface area contributed by atoms with E-state index in [1.165, 1.54) is 16.2 Å². The standard InChI is InChI=1S/C32H30BrClN2O6S2/c33-16-8-9-21(42-14-15-5-4-6-17(34)11-15)18(12-16)23-24-19-13-20(27(24)43-29-28(23)44-32(41)35-29)26-25(19)30(39)36(31(26)40)10-3-1-2-7-22(37)38/h4-6,8-9,11-12,19-20,23-27H,1-3,7,10,13-14H2,(H,35,41)(H,37,38)/t19?,20?,23-,24?,25?,26?,27?/m1/s1. The fourth-order valence-corrected chi connectivity index (χ4v) is 11.5. The highest BCUT2D eigenvalue weighted by Gasteiger charge is 2.69. The molecule has 6 unspecified atom stereocenters. The number of hydrogen-bond donors (Lipinski definition) is 2. The maximum atomic E-state index is 13.8. The predicted octanol–water partition coefficient (Wildman–Crippen LogP) is 6.55. The van der Waals surface area contributed by atoms with E-state index < -0.39 is 5.97 Å². The van der Waals surface area contributed by atoms with Crippen LogP contribution in [0.2, 0.25) is 5.02 Å². The summed E-state index contributed by atoms with van der Waals surface area (Å²) in [5.41, 5.74) is 1.90. The molecule has 7 rings (SSSR count). The van der Waals surface area contributed by atoms with Crippen LogP contribution >= 0.6 is 50.6 Å². The van der Waals surface area contributed by atoms with Gasteiger partial charge in [0, 0.05) is 44.1 Å². The predicted molar refractivity (Wildman–Crippen MR) is 171 cm³/mol. The van der Waals surface area contributed by atoms with Gasteiger partial charge >= 0.3 is 10.8 Å². The minimum absolute atomic E-state index is 0.00562. The number of fused-ring (bicyclic) bond motifs is 9. The van der Waals surface area contributed by atoms with Gasteiger partial charge in [0.2, 0.25) is 11.8 Å². The average molecular weight is 718 g/mol. The molecule has 4 aliphatic rings. The minimum Gasteiger partial charge on any atom is -0.489 e. The molecule has 7 atom stereocenters. The number of thioether (sulfide) groups is 1. The number of halogens is 2. The number of carbonyl (C=O) groups excluding carboxylic acids is 2. The average Bonchev–Trinajstić information content (AvgIpc) is 3.71. The summed E-state index contributed by atoms with van der Waals surface area (Å²) in [6.45, 7) is 0.662.